The minimum absolute atomic E-state index is 0.00960. The van der Waals surface area contributed by atoms with Gasteiger partial charge in [0.1, 0.15) is 11.3 Å². The van der Waals surface area contributed by atoms with E-state index >= 15 is 0 Å². The van der Waals surface area contributed by atoms with Crippen LogP contribution in [0.4, 0.5) is 0 Å². The zero-order chi connectivity index (χ0) is 21.1. The van der Waals surface area contributed by atoms with Crippen molar-refractivity contribution in [3.05, 3.63) is 66.1 Å². The fourth-order valence-electron chi connectivity index (χ4n) is 3.40. The highest BCUT2D eigenvalue weighted by Gasteiger charge is 2.26. The van der Waals surface area contributed by atoms with Crippen LogP contribution in [0, 0.1) is 0 Å². The van der Waals surface area contributed by atoms with E-state index < -0.39 is 12.6 Å². The van der Waals surface area contributed by atoms with Crippen LogP contribution in [0.15, 0.2) is 59.2 Å². The molecule has 2 aromatic carbocycles. The van der Waals surface area contributed by atoms with Gasteiger partial charge in [0, 0.05) is 26.2 Å². The Bertz CT molecular complexity index is 1080. The zero-order valence-electron chi connectivity index (χ0n) is 16.1. The van der Waals surface area contributed by atoms with Crippen LogP contribution in [0.5, 0.6) is 5.75 Å². The Labute approximate surface area is 172 Å². The SMILES string of the molecule is O=C(OCC(=O)N1CCN(C(=O)c2ccco2)CC1)c1cc2ccccc2cc1O. The van der Waals surface area contributed by atoms with Gasteiger partial charge in [-0.25, -0.2) is 4.79 Å². The number of fused-ring (bicyclic) bond motifs is 1. The molecule has 2 amide bonds. The molecule has 0 aliphatic carbocycles. The van der Waals surface area contributed by atoms with Crippen LogP contribution in [0.25, 0.3) is 10.8 Å². The molecule has 30 heavy (non-hydrogen) atoms. The second kappa shape index (κ2) is 8.28. The first-order valence-corrected chi connectivity index (χ1v) is 9.52. The summed E-state index contributed by atoms with van der Waals surface area (Å²) in [7, 11) is 0. The van der Waals surface area contributed by atoms with Crippen LogP contribution in [-0.4, -0.2) is 65.5 Å². The number of hydrogen-bond donors (Lipinski definition) is 1. The van der Waals surface area contributed by atoms with Gasteiger partial charge in [0.05, 0.1) is 6.26 Å². The minimum Gasteiger partial charge on any atom is -0.507 e. The van der Waals surface area contributed by atoms with Crippen molar-refractivity contribution in [3.8, 4) is 5.75 Å². The van der Waals surface area contributed by atoms with Crippen molar-refractivity contribution < 1.29 is 28.6 Å². The molecular formula is C22H20N2O6. The summed E-state index contributed by atoms with van der Waals surface area (Å²) in [6, 6.07) is 13.6. The summed E-state index contributed by atoms with van der Waals surface area (Å²) in [6.07, 6.45) is 1.44. The topological polar surface area (TPSA) is 100 Å². The van der Waals surface area contributed by atoms with Crippen molar-refractivity contribution in [1.29, 1.82) is 0 Å². The third-order valence-electron chi connectivity index (χ3n) is 5.06. The number of hydrogen-bond acceptors (Lipinski definition) is 6. The summed E-state index contributed by atoms with van der Waals surface area (Å²) in [5, 5.41) is 11.7. The number of aromatic hydroxyl groups is 1. The van der Waals surface area contributed by atoms with E-state index in [-0.39, 0.29) is 28.9 Å². The lowest BCUT2D eigenvalue weighted by Crippen LogP contribution is -2.51. The molecule has 154 valence electrons. The molecular weight excluding hydrogens is 388 g/mol. The molecule has 1 fully saturated rings. The van der Waals surface area contributed by atoms with E-state index in [2.05, 4.69) is 0 Å². The number of ether oxygens (including phenoxy) is 1. The van der Waals surface area contributed by atoms with E-state index in [1.165, 1.54) is 18.4 Å². The Kier molecular flexibility index (Phi) is 5.38. The fourth-order valence-corrected chi connectivity index (χ4v) is 3.40. The molecule has 2 heterocycles. The van der Waals surface area contributed by atoms with Crippen molar-refractivity contribution in [2.24, 2.45) is 0 Å². The van der Waals surface area contributed by atoms with Gasteiger partial charge >= 0.3 is 5.97 Å². The highest BCUT2D eigenvalue weighted by atomic mass is 16.5. The molecule has 8 heteroatoms. The molecule has 8 nitrogen and oxygen atoms in total. The smallest absolute Gasteiger partial charge is 0.342 e. The molecule has 0 bridgehead atoms. The highest BCUT2D eigenvalue weighted by molar-refractivity contribution is 5.99. The predicted octanol–water partition coefficient (Wildman–Crippen LogP) is 2.28. The first-order valence-electron chi connectivity index (χ1n) is 9.52. The predicted molar refractivity (Wildman–Crippen MR) is 107 cm³/mol. The van der Waals surface area contributed by atoms with Gasteiger partial charge in [-0.1, -0.05) is 24.3 Å². The Balaban J connectivity index is 1.31. The van der Waals surface area contributed by atoms with E-state index in [1.807, 2.05) is 24.3 Å². The molecule has 3 aromatic rings. The molecule has 0 spiro atoms. The number of amides is 2. The zero-order valence-corrected chi connectivity index (χ0v) is 16.1. The van der Waals surface area contributed by atoms with Crippen molar-refractivity contribution in [2.75, 3.05) is 32.8 Å². The minimum atomic E-state index is -0.766. The van der Waals surface area contributed by atoms with Gasteiger partial charge in [0.25, 0.3) is 11.8 Å². The Morgan fingerprint density at radius 2 is 1.60 bits per heavy atom. The lowest BCUT2D eigenvalue weighted by atomic mass is 10.1. The quantitative estimate of drug-likeness (QED) is 0.665. The Morgan fingerprint density at radius 1 is 0.933 bits per heavy atom. The Hall–Kier alpha value is -3.81. The summed E-state index contributed by atoms with van der Waals surface area (Å²) in [4.78, 5) is 40.2. The number of piperazine rings is 1. The summed E-state index contributed by atoms with van der Waals surface area (Å²) in [5.74, 6) is -1.27. The number of carbonyl (C=O) groups is 3. The Morgan fingerprint density at radius 3 is 2.27 bits per heavy atom. The number of rotatable bonds is 4. The number of carbonyl (C=O) groups excluding carboxylic acids is 3. The van der Waals surface area contributed by atoms with Crippen molar-refractivity contribution in [2.45, 2.75) is 0 Å². The van der Waals surface area contributed by atoms with Crippen LogP contribution < -0.4 is 0 Å². The average Bonchev–Trinajstić information content (AvgIpc) is 3.31. The number of furan rings is 1. The first kappa shape index (κ1) is 19.5. The molecule has 4 rings (SSSR count). The number of benzene rings is 2. The second-order valence-corrected chi connectivity index (χ2v) is 6.94. The van der Waals surface area contributed by atoms with Crippen LogP contribution in [0.2, 0.25) is 0 Å². The molecule has 1 aliphatic rings. The molecule has 0 radical (unpaired) electrons. The maximum absolute atomic E-state index is 12.4. The number of nitrogens with zero attached hydrogens (tertiary/aromatic N) is 2. The lowest BCUT2D eigenvalue weighted by Gasteiger charge is -2.34. The molecule has 1 aliphatic heterocycles. The van der Waals surface area contributed by atoms with Gasteiger partial charge in [-0.05, 0) is 35.0 Å². The van der Waals surface area contributed by atoms with E-state index in [4.69, 9.17) is 9.15 Å². The largest absolute Gasteiger partial charge is 0.507 e. The van der Waals surface area contributed by atoms with Gasteiger partial charge in [0.2, 0.25) is 0 Å². The van der Waals surface area contributed by atoms with Gasteiger partial charge in [-0.15, -0.1) is 0 Å². The first-order chi connectivity index (χ1) is 14.5. The van der Waals surface area contributed by atoms with Gasteiger partial charge < -0.3 is 24.1 Å². The van der Waals surface area contributed by atoms with E-state index in [0.717, 1.165) is 10.8 Å². The van der Waals surface area contributed by atoms with Gasteiger partial charge in [-0.3, -0.25) is 9.59 Å². The van der Waals surface area contributed by atoms with Crippen LogP contribution >= 0.6 is 0 Å². The van der Waals surface area contributed by atoms with Crippen molar-refractivity contribution >= 4 is 28.6 Å². The maximum Gasteiger partial charge on any atom is 0.342 e. The number of esters is 1. The van der Waals surface area contributed by atoms with Crippen molar-refractivity contribution in [3.63, 3.8) is 0 Å². The molecule has 1 saturated heterocycles. The lowest BCUT2D eigenvalue weighted by molar-refractivity contribution is -0.136. The molecule has 0 atom stereocenters. The normalized spacial score (nSPS) is 14.0. The van der Waals surface area contributed by atoms with E-state index in [9.17, 15) is 19.5 Å². The van der Waals surface area contributed by atoms with Crippen LogP contribution in [0.3, 0.4) is 0 Å². The fraction of sp³-hybridized carbons (Fsp3) is 0.227. The summed E-state index contributed by atoms with van der Waals surface area (Å²) >= 11 is 0. The molecule has 1 N–H and O–H groups in total. The third-order valence-corrected chi connectivity index (χ3v) is 5.06. The summed E-state index contributed by atoms with van der Waals surface area (Å²) in [5.41, 5.74) is 0.00960. The van der Waals surface area contributed by atoms with Gasteiger partial charge in [-0.2, -0.15) is 0 Å². The van der Waals surface area contributed by atoms with Crippen LogP contribution in [-0.2, 0) is 9.53 Å². The summed E-state index contributed by atoms with van der Waals surface area (Å²) < 4.78 is 10.2. The summed E-state index contributed by atoms with van der Waals surface area (Å²) in [6.45, 7) is 0.973. The van der Waals surface area contributed by atoms with E-state index in [1.54, 1.807) is 21.9 Å². The average molecular weight is 408 g/mol. The van der Waals surface area contributed by atoms with Gasteiger partial charge in [0.15, 0.2) is 12.4 Å². The monoisotopic (exact) mass is 408 g/mol. The maximum atomic E-state index is 12.4. The van der Waals surface area contributed by atoms with Crippen molar-refractivity contribution in [1.82, 2.24) is 9.80 Å². The molecule has 1 aromatic heterocycles. The molecule has 0 saturated carbocycles. The molecule has 0 unspecified atom stereocenters. The van der Waals surface area contributed by atoms with E-state index in [0.29, 0.717) is 26.2 Å². The standard InChI is InChI=1S/C22H20N2O6/c25-18-13-16-5-2-1-4-15(16)12-17(18)22(28)30-14-20(26)23-7-9-24(10-8-23)21(27)19-6-3-11-29-19/h1-6,11-13,25H,7-10,14H2. The highest BCUT2D eigenvalue weighted by Crippen LogP contribution is 2.25. The number of phenolic OH excluding ortho intramolecular Hbond substituents is 1. The number of phenols is 1. The second-order valence-electron chi connectivity index (χ2n) is 6.94. The van der Waals surface area contributed by atoms with Crippen LogP contribution in [0.1, 0.15) is 20.9 Å². The third kappa shape index (κ3) is 3.98.